The van der Waals surface area contributed by atoms with Crippen LogP contribution in [0, 0.1) is 5.82 Å². The number of nitrogens with one attached hydrogen (secondary N) is 1. The molecule has 0 spiro atoms. The first kappa shape index (κ1) is 15.1. The van der Waals surface area contributed by atoms with Crippen LogP contribution in [0.25, 0.3) is 0 Å². The Hall–Kier alpha value is -1.25. The quantitative estimate of drug-likeness (QED) is 0.888. The van der Waals surface area contributed by atoms with E-state index in [4.69, 9.17) is 0 Å². The van der Waals surface area contributed by atoms with E-state index in [9.17, 15) is 12.8 Å². The molecule has 2 aromatic rings. The summed E-state index contributed by atoms with van der Waals surface area (Å²) in [6.45, 7) is 2.37. The van der Waals surface area contributed by atoms with Gasteiger partial charge in [-0.15, -0.1) is 0 Å². The highest BCUT2D eigenvalue weighted by atomic mass is 79.9. The minimum absolute atomic E-state index is 0.0743. The van der Waals surface area contributed by atoms with E-state index in [-0.39, 0.29) is 17.1 Å². The van der Waals surface area contributed by atoms with Gasteiger partial charge in [-0.25, -0.2) is 22.5 Å². The number of nitrogens with zero attached hydrogens (tertiary/aromatic N) is 2. The summed E-state index contributed by atoms with van der Waals surface area (Å²) in [6.07, 6.45) is 2.87. The van der Waals surface area contributed by atoms with E-state index in [1.165, 1.54) is 24.7 Å². The van der Waals surface area contributed by atoms with Crippen LogP contribution in [-0.4, -0.2) is 18.0 Å². The first-order chi connectivity index (χ1) is 9.42. The predicted octanol–water partition coefficient (Wildman–Crippen LogP) is 2.28. The van der Waals surface area contributed by atoms with Crippen molar-refractivity contribution in [1.82, 2.24) is 14.3 Å². The van der Waals surface area contributed by atoms with Crippen LogP contribution in [0.2, 0.25) is 0 Å². The van der Waals surface area contributed by atoms with Crippen molar-refractivity contribution in [2.75, 3.05) is 0 Å². The number of hydrogen-bond donors (Lipinski definition) is 1. The monoisotopic (exact) mass is 361 g/mol. The van der Waals surface area contributed by atoms with Crippen LogP contribution in [0.5, 0.6) is 0 Å². The zero-order valence-corrected chi connectivity index (χ0v) is 13.1. The molecule has 108 valence electrons. The predicted molar refractivity (Wildman–Crippen MR) is 76.0 cm³/mol. The van der Waals surface area contributed by atoms with E-state index >= 15 is 0 Å². The van der Waals surface area contributed by atoms with Gasteiger partial charge in [-0.05, 0) is 25.1 Å². The summed E-state index contributed by atoms with van der Waals surface area (Å²) in [4.78, 5) is 3.82. The molecule has 0 aliphatic rings. The van der Waals surface area contributed by atoms with Crippen LogP contribution >= 0.6 is 15.9 Å². The smallest absolute Gasteiger partial charge is 0.259 e. The van der Waals surface area contributed by atoms with Gasteiger partial charge < -0.3 is 4.57 Å². The molecule has 1 aromatic carbocycles. The second kappa shape index (κ2) is 6.02. The van der Waals surface area contributed by atoms with Gasteiger partial charge in [0.1, 0.15) is 5.82 Å². The van der Waals surface area contributed by atoms with Crippen LogP contribution in [-0.2, 0) is 23.1 Å². The van der Waals surface area contributed by atoms with E-state index in [1.807, 2.05) is 6.92 Å². The van der Waals surface area contributed by atoms with Crippen molar-refractivity contribution in [1.29, 1.82) is 0 Å². The molecular weight excluding hydrogens is 349 g/mol. The summed E-state index contributed by atoms with van der Waals surface area (Å²) in [5.74, 6) is -0.463. The summed E-state index contributed by atoms with van der Waals surface area (Å²) in [5.41, 5.74) is 0.262. The molecule has 1 N–H and O–H groups in total. The molecule has 8 heteroatoms. The van der Waals surface area contributed by atoms with Crippen LogP contribution < -0.4 is 4.72 Å². The van der Waals surface area contributed by atoms with Gasteiger partial charge in [-0.1, -0.05) is 15.9 Å². The second-order valence-corrected chi connectivity index (χ2v) is 6.73. The topological polar surface area (TPSA) is 64.0 Å². The molecule has 0 amide bonds. The fourth-order valence-electron chi connectivity index (χ4n) is 1.58. The SMILES string of the molecule is CCn1cnc(S(=O)(=O)NCc2cc(Br)ccc2F)c1. The molecule has 0 saturated heterocycles. The maximum atomic E-state index is 13.5. The Kier molecular flexibility index (Phi) is 4.56. The Morgan fingerprint density at radius 2 is 2.20 bits per heavy atom. The van der Waals surface area contributed by atoms with Crippen LogP contribution in [0.15, 0.2) is 40.2 Å². The highest BCUT2D eigenvalue weighted by Crippen LogP contribution is 2.16. The van der Waals surface area contributed by atoms with E-state index in [0.29, 0.717) is 11.0 Å². The minimum atomic E-state index is -3.74. The van der Waals surface area contributed by atoms with Crippen LogP contribution in [0.1, 0.15) is 12.5 Å². The van der Waals surface area contributed by atoms with Crippen molar-refractivity contribution in [2.24, 2.45) is 0 Å². The maximum Gasteiger partial charge on any atom is 0.259 e. The third-order valence-electron chi connectivity index (χ3n) is 2.71. The molecule has 0 atom stereocenters. The number of sulfonamides is 1. The molecule has 0 radical (unpaired) electrons. The fourth-order valence-corrected chi connectivity index (χ4v) is 2.94. The van der Waals surface area contributed by atoms with E-state index in [0.717, 1.165) is 0 Å². The van der Waals surface area contributed by atoms with Crippen LogP contribution in [0.4, 0.5) is 4.39 Å². The van der Waals surface area contributed by atoms with Gasteiger partial charge in [0.2, 0.25) is 0 Å². The zero-order valence-electron chi connectivity index (χ0n) is 10.7. The van der Waals surface area contributed by atoms with Gasteiger partial charge in [-0.2, -0.15) is 0 Å². The first-order valence-corrected chi connectivity index (χ1v) is 8.15. The molecule has 20 heavy (non-hydrogen) atoms. The highest BCUT2D eigenvalue weighted by molar-refractivity contribution is 9.10. The summed E-state index contributed by atoms with van der Waals surface area (Å²) < 4.78 is 42.2. The molecule has 1 aromatic heterocycles. The van der Waals surface area contributed by atoms with Crippen molar-refractivity contribution >= 4 is 26.0 Å². The number of aromatic nitrogens is 2. The number of hydrogen-bond acceptors (Lipinski definition) is 3. The largest absolute Gasteiger partial charge is 0.336 e. The molecule has 0 aliphatic heterocycles. The van der Waals surface area contributed by atoms with Gasteiger partial charge in [0.05, 0.1) is 6.33 Å². The Morgan fingerprint density at radius 1 is 1.45 bits per heavy atom. The lowest BCUT2D eigenvalue weighted by atomic mass is 10.2. The Bertz CT molecular complexity index is 715. The summed E-state index contributed by atoms with van der Waals surface area (Å²) in [5, 5.41) is -0.0743. The van der Waals surface area contributed by atoms with Crippen molar-refractivity contribution in [2.45, 2.75) is 25.0 Å². The Labute approximate surface area is 125 Å². The molecule has 0 unspecified atom stereocenters. The molecule has 0 aliphatic carbocycles. The lowest BCUT2D eigenvalue weighted by molar-refractivity contribution is 0.571. The van der Waals surface area contributed by atoms with E-state index in [1.54, 1.807) is 10.6 Å². The van der Waals surface area contributed by atoms with Crippen molar-refractivity contribution < 1.29 is 12.8 Å². The Morgan fingerprint density at radius 3 is 2.85 bits per heavy atom. The van der Waals surface area contributed by atoms with E-state index < -0.39 is 15.8 Å². The van der Waals surface area contributed by atoms with Crippen molar-refractivity contribution in [3.8, 4) is 0 Å². The molecule has 2 rings (SSSR count). The Balaban J connectivity index is 2.15. The maximum absolute atomic E-state index is 13.5. The third-order valence-corrected chi connectivity index (χ3v) is 4.49. The van der Waals surface area contributed by atoms with Gasteiger partial charge in [0.15, 0.2) is 5.03 Å². The number of imidazole rings is 1. The molecule has 0 saturated carbocycles. The summed E-state index contributed by atoms with van der Waals surface area (Å²) >= 11 is 3.21. The van der Waals surface area contributed by atoms with Gasteiger partial charge in [-0.3, -0.25) is 0 Å². The number of rotatable bonds is 5. The van der Waals surface area contributed by atoms with E-state index in [2.05, 4.69) is 25.6 Å². The standard InChI is InChI=1S/C12H13BrFN3O2S/c1-2-17-7-12(15-8-17)20(18,19)16-6-9-5-10(13)3-4-11(9)14/h3-5,7-8,16H,2,6H2,1H3. The molecular formula is C12H13BrFN3O2S. The lowest BCUT2D eigenvalue weighted by Crippen LogP contribution is -2.24. The molecule has 5 nitrogen and oxygen atoms in total. The average Bonchev–Trinajstić information content (AvgIpc) is 2.89. The average molecular weight is 362 g/mol. The number of benzene rings is 1. The first-order valence-electron chi connectivity index (χ1n) is 5.87. The zero-order chi connectivity index (χ0) is 14.8. The highest BCUT2D eigenvalue weighted by Gasteiger charge is 2.17. The number of aryl methyl sites for hydroxylation is 1. The van der Waals surface area contributed by atoms with Crippen LogP contribution in [0.3, 0.4) is 0 Å². The number of halogens is 2. The summed E-state index contributed by atoms with van der Waals surface area (Å²) in [6, 6.07) is 4.36. The second-order valence-electron chi connectivity index (χ2n) is 4.10. The molecule has 0 bridgehead atoms. The lowest BCUT2D eigenvalue weighted by Gasteiger charge is -2.06. The minimum Gasteiger partial charge on any atom is -0.336 e. The van der Waals surface area contributed by atoms with Gasteiger partial charge in [0.25, 0.3) is 10.0 Å². The van der Waals surface area contributed by atoms with Crippen molar-refractivity contribution in [3.63, 3.8) is 0 Å². The normalized spacial score (nSPS) is 11.8. The van der Waals surface area contributed by atoms with Crippen molar-refractivity contribution in [3.05, 3.63) is 46.6 Å². The molecule has 0 fully saturated rings. The third kappa shape index (κ3) is 3.44. The fraction of sp³-hybridized carbons (Fsp3) is 0.250. The summed E-state index contributed by atoms with van der Waals surface area (Å²) in [7, 11) is -3.74. The van der Waals surface area contributed by atoms with Gasteiger partial charge in [0, 0.05) is 29.3 Å². The van der Waals surface area contributed by atoms with Gasteiger partial charge >= 0.3 is 0 Å². The molecule has 1 heterocycles.